The van der Waals surface area contributed by atoms with Gasteiger partial charge in [-0.25, -0.2) is 0 Å². The van der Waals surface area contributed by atoms with E-state index in [0.717, 1.165) is 16.7 Å². The van der Waals surface area contributed by atoms with Gasteiger partial charge in [0.1, 0.15) is 6.61 Å². The molecule has 0 aliphatic heterocycles. The molecule has 1 atom stereocenters. The number of aliphatic hydroxyl groups excluding tert-OH is 1. The molecule has 0 radical (unpaired) electrons. The first-order valence-electron chi connectivity index (χ1n) is 12.4. The van der Waals surface area contributed by atoms with Crippen LogP contribution in [0, 0.1) is 10.8 Å². The summed E-state index contributed by atoms with van der Waals surface area (Å²) in [4.78, 5) is 26.8. The summed E-state index contributed by atoms with van der Waals surface area (Å²) in [6, 6.07) is 29.2. The summed E-state index contributed by atoms with van der Waals surface area (Å²) in [5.74, 6) is -0.853. The lowest BCUT2D eigenvalue weighted by molar-refractivity contribution is -0.170. The highest BCUT2D eigenvalue weighted by atomic mass is 16.6. The second kappa shape index (κ2) is 16.6. The summed E-state index contributed by atoms with van der Waals surface area (Å²) in [6.07, 6.45) is 0.699. The molecule has 40 heavy (non-hydrogen) atoms. The van der Waals surface area contributed by atoms with Gasteiger partial charge < -0.3 is 14.6 Å². The van der Waals surface area contributed by atoms with Gasteiger partial charge in [-0.2, -0.15) is 0 Å². The summed E-state index contributed by atoms with van der Waals surface area (Å²) in [5.41, 5.74) is -0.611. The maximum atomic E-state index is 14.1. The van der Waals surface area contributed by atoms with Crippen LogP contribution in [0.5, 0.6) is 0 Å². The largest absolute Gasteiger partial charge is 0.463 e. The summed E-state index contributed by atoms with van der Waals surface area (Å²) < 4.78 is 11.8. The van der Waals surface area contributed by atoms with Crippen molar-refractivity contribution in [1.29, 1.82) is 0 Å². The molecule has 0 aliphatic carbocycles. The predicted octanol–water partition coefficient (Wildman–Crippen LogP) is 8.43. The Kier molecular flexibility index (Phi) is 16.1. The number of esters is 2. The summed E-state index contributed by atoms with van der Waals surface area (Å²) in [7, 11) is 0. The van der Waals surface area contributed by atoms with Crippen LogP contribution in [0.1, 0.15) is 86.9 Å². The van der Waals surface area contributed by atoms with Gasteiger partial charge in [0.05, 0.1) is 17.4 Å². The van der Waals surface area contributed by atoms with Crippen LogP contribution in [0.25, 0.3) is 0 Å². The number of aliphatic hydroxyl groups is 1. The average Bonchev–Trinajstić information content (AvgIpc) is 2.91. The van der Waals surface area contributed by atoms with Gasteiger partial charge >= 0.3 is 11.9 Å². The van der Waals surface area contributed by atoms with Crippen LogP contribution in [-0.4, -0.2) is 30.3 Å². The van der Waals surface area contributed by atoms with Gasteiger partial charge in [-0.05, 0) is 33.6 Å². The quantitative estimate of drug-likeness (QED) is 0.191. The zero-order valence-corrected chi connectivity index (χ0v) is 21.6. The molecular weight excluding hydrogens is 500 g/mol. The van der Waals surface area contributed by atoms with Gasteiger partial charge in [-0.1, -0.05) is 128 Å². The Morgan fingerprint density at radius 1 is 0.675 bits per heavy atom. The zero-order valence-electron chi connectivity index (χ0n) is 21.6. The molecule has 0 aliphatic rings. The molecule has 0 saturated carbocycles. The lowest BCUT2D eigenvalue weighted by atomic mass is 9.72. The first kappa shape index (κ1) is 38.7. The topological polar surface area (TPSA) is 72.8 Å². The molecule has 5 nitrogen and oxygen atoms in total. The summed E-state index contributed by atoms with van der Waals surface area (Å²) in [5, 5.41) is 9.05. The van der Waals surface area contributed by atoms with Crippen LogP contribution in [-0.2, 0) is 24.7 Å². The fraction of sp³-hybridized carbons (Fsp3) is 0.429. The molecule has 5 heteroatoms. The smallest absolute Gasteiger partial charge is 0.313 e. The minimum Gasteiger partial charge on any atom is -0.463 e. The molecule has 0 amide bonds. The highest BCUT2D eigenvalue weighted by molar-refractivity contribution is 5.81. The number of carbonyl (C=O) groups is 2. The van der Waals surface area contributed by atoms with Crippen molar-refractivity contribution in [2.75, 3.05) is 13.2 Å². The minimum atomic E-state index is -1.18. The Hall–Kier alpha value is -3.44. The molecule has 0 heterocycles. The van der Waals surface area contributed by atoms with E-state index in [1.807, 2.05) is 105 Å². The molecule has 3 aromatic rings. The van der Waals surface area contributed by atoms with Crippen LogP contribution < -0.4 is 0 Å². The van der Waals surface area contributed by atoms with E-state index in [-0.39, 0.29) is 49.3 Å². The molecule has 0 spiro atoms. The average molecular weight is 553 g/mol. The van der Waals surface area contributed by atoms with E-state index in [0.29, 0.717) is 6.42 Å². The van der Waals surface area contributed by atoms with Crippen molar-refractivity contribution in [3.05, 3.63) is 108 Å². The molecule has 0 fully saturated rings. The number of hydrogen-bond donors (Lipinski definition) is 1. The first-order valence-corrected chi connectivity index (χ1v) is 12.4. The third-order valence-corrected chi connectivity index (χ3v) is 6.77. The maximum Gasteiger partial charge on any atom is 0.313 e. The number of hydrogen-bond acceptors (Lipinski definition) is 5. The number of ether oxygens (including phenoxy) is 2. The normalized spacial score (nSPS) is 12.1. The van der Waals surface area contributed by atoms with E-state index in [4.69, 9.17) is 14.6 Å². The van der Waals surface area contributed by atoms with Gasteiger partial charge in [0.25, 0.3) is 0 Å². The van der Waals surface area contributed by atoms with E-state index in [2.05, 4.69) is 0 Å². The van der Waals surface area contributed by atoms with Crippen LogP contribution in [0.3, 0.4) is 0 Å². The monoisotopic (exact) mass is 552 g/mol. The van der Waals surface area contributed by atoms with E-state index in [9.17, 15) is 9.59 Å². The zero-order chi connectivity index (χ0) is 26.2. The third kappa shape index (κ3) is 8.28. The molecule has 1 unspecified atom stereocenters. The van der Waals surface area contributed by atoms with Crippen molar-refractivity contribution < 1.29 is 24.2 Å². The van der Waals surface area contributed by atoms with Gasteiger partial charge in [0.15, 0.2) is 5.60 Å². The first-order chi connectivity index (χ1) is 17.2. The SMILES string of the molecule is C.C.C.C.CCC(C)(CC(C)(C)C(=O)OCCO)C(=O)OC(c1ccccc1)(c1ccccc1)c1ccccc1. The Balaban J connectivity index is 0. The highest BCUT2D eigenvalue weighted by Gasteiger charge is 2.48. The Morgan fingerprint density at radius 3 is 1.38 bits per heavy atom. The Labute approximate surface area is 243 Å². The highest BCUT2D eigenvalue weighted by Crippen LogP contribution is 2.45. The van der Waals surface area contributed by atoms with Crippen molar-refractivity contribution in [3.8, 4) is 0 Å². The summed E-state index contributed by atoms with van der Waals surface area (Å²) in [6.45, 7) is 6.95. The maximum absolute atomic E-state index is 14.1. The molecule has 222 valence electrons. The fourth-order valence-corrected chi connectivity index (χ4v) is 4.68. The molecular formula is C35H52O5. The van der Waals surface area contributed by atoms with E-state index in [1.54, 1.807) is 13.8 Å². The van der Waals surface area contributed by atoms with Crippen LogP contribution in [0.2, 0.25) is 0 Å². The Morgan fingerprint density at radius 2 is 1.05 bits per heavy atom. The molecule has 3 aromatic carbocycles. The fourth-order valence-electron chi connectivity index (χ4n) is 4.68. The van der Waals surface area contributed by atoms with Gasteiger partial charge in [-0.3, -0.25) is 9.59 Å². The second-order valence-corrected chi connectivity index (χ2v) is 10.0. The molecule has 0 aromatic heterocycles. The van der Waals surface area contributed by atoms with E-state index >= 15 is 0 Å². The van der Waals surface area contributed by atoms with Crippen molar-refractivity contribution in [3.63, 3.8) is 0 Å². The van der Waals surface area contributed by atoms with Crippen molar-refractivity contribution in [2.24, 2.45) is 10.8 Å². The Bertz CT molecular complexity index is 1030. The minimum absolute atomic E-state index is 0. The van der Waals surface area contributed by atoms with Gasteiger partial charge in [0, 0.05) is 16.7 Å². The van der Waals surface area contributed by atoms with Gasteiger partial charge in [0.2, 0.25) is 0 Å². The van der Waals surface area contributed by atoms with Crippen LogP contribution in [0.15, 0.2) is 91.0 Å². The molecule has 0 bridgehead atoms. The molecule has 0 saturated heterocycles. The molecule has 1 N–H and O–H groups in total. The van der Waals surface area contributed by atoms with E-state index in [1.165, 1.54) is 0 Å². The number of rotatable bonds is 11. The summed E-state index contributed by atoms with van der Waals surface area (Å²) >= 11 is 0. The van der Waals surface area contributed by atoms with Crippen LogP contribution in [0.4, 0.5) is 0 Å². The van der Waals surface area contributed by atoms with E-state index < -0.39 is 28.4 Å². The molecule has 3 rings (SSSR count). The van der Waals surface area contributed by atoms with Crippen molar-refractivity contribution >= 4 is 11.9 Å². The predicted molar refractivity (Wildman–Crippen MR) is 167 cm³/mol. The lowest BCUT2D eigenvalue weighted by Crippen LogP contribution is -2.43. The lowest BCUT2D eigenvalue weighted by Gasteiger charge is -2.40. The van der Waals surface area contributed by atoms with Crippen LogP contribution >= 0.6 is 0 Å². The number of carbonyl (C=O) groups excluding carboxylic acids is 2. The van der Waals surface area contributed by atoms with Crippen molar-refractivity contribution in [2.45, 2.75) is 75.8 Å². The third-order valence-electron chi connectivity index (χ3n) is 6.77. The number of benzene rings is 3. The van der Waals surface area contributed by atoms with Gasteiger partial charge in [-0.15, -0.1) is 0 Å². The second-order valence-electron chi connectivity index (χ2n) is 10.0. The van der Waals surface area contributed by atoms with Crippen molar-refractivity contribution in [1.82, 2.24) is 0 Å². The standard InChI is InChI=1S/C31H36O5.4CH4/c1-5-30(4,23-29(2,3)27(33)35-22-21-32)28(34)36-31(24-15-9-6-10-16-24,25-17-11-7-12-18-25)26-19-13-8-14-20-26;;;;/h6-20,32H,5,21-23H2,1-4H3;4*1H4.